The molecule has 1 aromatic heterocycles. The Kier molecular flexibility index (Phi) is 4.82. The normalized spacial score (nSPS) is 10.6. The summed E-state index contributed by atoms with van der Waals surface area (Å²) in [7, 11) is 1.28. The van der Waals surface area contributed by atoms with Gasteiger partial charge in [0.1, 0.15) is 0 Å². The summed E-state index contributed by atoms with van der Waals surface area (Å²) in [6.45, 7) is 3.80. The molecule has 22 heavy (non-hydrogen) atoms. The molecule has 2 aromatic rings. The first kappa shape index (κ1) is 16.0. The second-order valence-corrected chi connectivity index (χ2v) is 5.27. The van der Waals surface area contributed by atoms with E-state index in [1.807, 2.05) is 13.8 Å². The molecule has 0 aliphatic heterocycles. The maximum absolute atomic E-state index is 12.3. The van der Waals surface area contributed by atoms with Gasteiger partial charge in [-0.3, -0.25) is 4.79 Å². The van der Waals surface area contributed by atoms with E-state index in [1.165, 1.54) is 31.7 Å². The van der Waals surface area contributed by atoms with E-state index < -0.39 is 11.9 Å². The number of hydrogen-bond donors (Lipinski definition) is 1. The van der Waals surface area contributed by atoms with Gasteiger partial charge in [-0.2, -0.15) is 0 Å². The van der Waals surface area contributed by atoms with Gasteiger partial charge in [-0.15, -0.1) is 0 Å². The van der Waals surface area contributed by atoms with Gasteiger partial charge in [-0.05, 0) is 24.1 Å². The summed E-state index contributed by atoms with van der Waals surface area (Å²) in [4.78, 5) is 27.8. The SMILES string of the molecule is COC(=O)c1ccc(Cl)c(NC(=O)c2ocnc2C(C)C)c1. The molecule has 0 radical (unpaired) electrons. The summed E-state index contributed by atoms with van der Waals surface area (Å²) in [5.74, 6) is -0.842. The van der Waals surface area contributed by atoms with E-state index in [2.05, 4.69) is 15.0 Å². The number of halogens is 1. The number of aromatic nitrogens is 1. The van der Waals surface area contributed by atoms with Gasteiger partial charge in [0.2, 0.25) is 5.76 Å². The van der Waals surface area contributed by atoms with Crippen LogP contribution in [-0.2, 0) is 4.74 Å². The number of anilines is 1. The van der Waals surface area contributed by atoms with Crippen molar-refractivity contribution in [2.24, 2.45) is 0 Å². The molecule has 1 amide bonds. The molecule has 0 aliphatic carbocycles. The van der Waals surface area contributed by atoms with Crippen molar-refractivity contribution in [3.05, 3.63) is 46.6 Å². The summed E-state index contributed by atoms with van der Waals surface area (Å²) in [6, 6.07) is 4.46. The van der Waals surface area contributed by atoms with Crippen LogP contribution >= 0.6 is 11.6 Å². The molecular weight excluding hydrogens is 308 g/mol. The van der Waals surface area contributed by atoms with Crippen molar-refractivity contribution in [2.75, 3.05) is 12.4 Å². The molecule has 0 unspecified atom stereocenters. The van der Waals surface area contributed by atoms with Gasteiger partial charge in [0.05, 0.1) is 29.1 Å². The highest BCUT2D eigenvalue weighted by molar-refractivity contribution is 6.34. The fraction of sp³-hybridized carbons (Fsp3) is 0.267. The molecule has 0 fully saturated rings. The lowest BCUT2D eigenvalue weighted by Gasteiger charge is -2.09. The van der Waals surface area contributed by atoms with Crippen LogP contribution in [0.4, 0.5) is 5.69 Å². The molecule has 6 nitrogen and oxygen atoms in total. The third-order valence-corrected chi connectivity index (χ3v) is 3.31. The lowest BCUT2D eigenvalue weighted by Crippen LogP contribution is -2.14. The monoisotopic (exact) mass is 322 g/mol. The molecule has 0 spiro atoms. The first-order valence-electron chi connectivity index (χ1n) is 6.56. The first-order chi connectivity index (χ1) is 10.4. The average molecular weight is 323 g/mol. The number of benzene rings is 1. The molecule has 0 bridgehead atoms. The number of esters is 1. The van der Waals surface area contributed by atoms with Crippen molar-refractivity contribution in [1.82, 2.24) is 4.98 Å². The Labute approximate surface area is 132 Å². The minimum absolute atomic E-state index is 0.0383. The molecule has 2 rings (SSSR count). The number of hydrogen-bond acceptors (Lipinski definition) is 5. The second kappa shape index (κ2) is 6.62. The third-order valence-electron chi connectivity index (χ3n) is 2.98. The van der Waals surface area contributed by atoms with Gasteiger partial charge < -0.3 is 14.5 Å². The Morgan fingerprint density at radius 3 is 2.73 bits per heavy atom. The highest BCUT2D eigenvalue weighted by atomic mass is 35.5. The fourth-order valence-electron chi connectivity index (χ4n) is 1.88. The summed E-state index contributed by atoms with van der Waals surface area (Å²) in [5, 5.41) is 2.91. The Balaban J connectivity index is 2.28. The van der Waals surface area contributed by atoms with E-state index in [0.717, 1.165) is 0 Å². The number of rotatable bonds is 4. The predicted octanol–water partition coefficient (Wildman–Crippen LogP) is 3.49. The smallest absolute Gasteiger partial charge is 0.337 e. The molecule has 1 N–H and O–H groups in total. The van der Waals surface area contributed by atoms with Crippen LogP contribution in [0, 0.1) is 0 Å². The standard InChI is InChI=1S/C15H15ClN2O4/c1-8(2)12-13(22-7-17-12)14(19)18-11-6-9(15(20)21-3)4-5-10(11)16/h4-8H,1-3H3,(H,18,19). The molecule has 0 aliphatic rings. The number of nitrogens with zero attached hydrogens (tertiary/aromatic N) is 1. The van der Waals surface area contributed by atoms with E-state index in [1.54, 1.807) is 0 Å². The topological polar surface area (TPSA) is 81.4 Å². The lowest BCUT2D eigenvalue weighted by atomic mass is 10.1. The van der Waals surface area contributed by atoms with Crippen LogP contribution in [0.25, 0.3) is 0 Å². The van der Waals surface area contributed by atoms with Crippen LogP contribution in [0.15, 0.2) is 29.0 Å². The van der Waals surface area contributed by atoms with Crippen LogP contribution in [0.2, 0.25) is 5.02 Å². The zero-order valence-corrected chi connectivity index (χ0v) is 13.1. The summed E-state index contributed by atoms with van der Waals surface area (Å²) in [5.41, 5.74) is 1.13. The number of carbonyl (C=O) groups is 2. The number of amides is 1. The van der Waals surface area contributed by atoms with Crippen molar-refractivity contribution in [1.29, 1.82) is 0 Å². The maximum atomic E-state index is 12.3. The molecule has 0 saturated heterocycles. The van der Waals surface area contributed by atoms with Crippen LogP contribution in [-0.4, -0.2) is 24.0 Å². The zero-order chi connectivity index (χ0) is 16.3. The number of nitrogens with one attached hydrogen (secondary N) is 1. The van der Waals surface area contributed by atoms with E-state index in [-0.39, 0.29) is 17.2 Å². The molecule has 1 aromatic carbocycles. The summed E-state index contributed by atoms with van der Waals surface area (Å²) < 4.78 is 9.78. The van der Waals surface area contributed by atoms with Crippen molar-refractivity contribution in [3.8, 4) is 0 Å². The Bertz CT molecular complexity index is 709. The molecule has 0 atom stereocenters. The van der Waals surface area contributed by atoms with Gasteiger partial charge in [-0.1, -0.05) is 25.4 Å². The van der Waals surface area contributed by atoms with E-state index >= 15 is 0 Å². The van der Waals surface area contributed by atoms with Gasteiger partial charge >= 0.3 is 5.97 Å². The number of carbonyl (C=O) groups excluding carboxylic acids is 2. The molecular formula is C15H15ClN2O4. The van der Waals surface area contributed by atoms with Crippen LogP contribution in [0.1, 0.15) is 46.4 Å². The molecule has 0 saturated carbocycles. The third kappa shape index (κ3) is 3.28. The van der Waals surface area contributed by atoms with Crippen LogP contribution < -0.4 is 5.32 Å². The predicted molar refractivity (Wildman–Crippen MR) is 81.3 cm³/mol. The second-order valence-electron chi connectivity index (χ2n) is 4.86. The van der Waals surface area contributed by atoms with Crippen molar-refractivity contribution in [3.63, 3.8) is 0 Å². The van der Waals surface area contributed by atoms with Crippen molar-refractivity contribution in [2.45, 2.75) is 19.8 Å². The Hall–Kier alpha value is -2.34. The van der Waals surface area contributed by atoms with Gasteiger partial charge in [-0.25, -0.2) is 9.78 Å². The van der Waals surface area contributed by atoms with Gasteiger partial charge in [0, 0.05) is 0 Å². The van der Waals surface area contributed by atoms with Gasteiger partial charge in [0.25, 0.3) is 5.91 Å². The van der Waals surface area contributed by atoms with Gasteiger partial charge in [0.15, 0.2) is 6.39 Å². The van der Waals surface area contributed by atoms with E-state index in [0.29, 0.717) is 16.4 Å². The highest BCUT2D eigenvalue weighted by Gasteiger charge is 2.20. The molecule has 116 valence electrons. The number of ether oxygens (including phenoxy) is 1. The van der Waals surface area contributed by atoms with E-state index in [4.69, 9.17) is 16.0 Å². The number of methoxy groups -OCH3 is 1. The zero-order valence-electron chi connectivity index (χ0n) is 12.3. The molecule has 7 heteroatoms. The summed E-state index contributed by atoms with van der Waals surface area (Å²) >= 11 is 6.04. The Morgan fingerprint density at radius 2 is 2.09 bits per heavy atom. The minimum atomic E-state index is -0.519. The largest absolute Gasteiger partial charge is 0.465 e. The summed E-state index contributed by atoms with van der Waals surface area (Å²) in [6.07, 6.45) is 1.22. The quantitative estimate of drug-likeness (QED) is 0.871. The first-order valence-corrected chi connectivity index (χ1v) is 6.94. The number of oxazole rings is 1. The highest BCUT2D eigenvalue weighted by Crippen LogP contribution is 2.25. The molecule has 1 heterocycles. The van der Waals surface area contributed by atoms with Crippen molar-refractivity contribution < 1.29 is 18.7 Å². The maximum Gasteiger partial charge on any atom is 0.337 e. The van der Waals surface area contributed by atoms with Crippen LogP contribution in [0.5, 0.6) is 0 Å². The van der Waals surface area contributed by atoms with Crippen molar-refractivity contribution >= 4 is 29.2 Å². The minimum Gasteiger partial charge on any atom is -0.465 e. The lowest BCUT2D eigenvalue weighted by molar-refractivity contribution is 0.0600. The van der Waals surface area contributed by atoms with Crippen LogP contribution in [0.3, 0.4) is 0 Å². The van der Waals surface area contributed by atoms with E-state index in [9.17, 15) is 9.59 Å². The fourth-order valence-corrected chi connectivity index (χ4v) is 2.05. The Morgan fingerprint density at radius 1 is 1.36 bits per heavy atom. The average Bonchev–Trinajstić information content (AvgIpc) is 2.98.